The van der Waals surface area contributed by atoms with Gasteiger partial charge in [-0.05, 0) is 38.1 Å². The molecule has 0 amide bonds. The molecule has 0 saturated carbocycles. The molecule has 1 aliphatic heterocycles. The van der Waals surface area contributed by atoms with Gasteiger partial charge in [0, 0.05) is 11.1 Å². The van der Waals surface area contributed by atoms with Crippen molar-refractivity contribution in [2.45, 2.75) is 19.3 Å². The van der Waals surface area contributed by atoms with Gasteiger partial charge < -0.3 is 9.73 Å². The summed E-state index contributed by atoms with van der Waals surface area (Å²) in [7, 11) is 0. The van der Waals surface area contributed by atoms with Crippen LogP contribution in [0.1, 0.15) is 19.3 Å². The summed E-state index contributed by atoms with van der Waals surface area (Å²) in [5.74, 6) is 0. The highest BCUT2D eigenvalue weighted by Gasteiger charge is 1.96. The predicted molar refractivity (Wildman–Crippen MR) is 65.7 cm³/mol. The Bertz CT molecular complexity index is 426. The van der Waals surface area contributed by atoms with Crippen molar-refractivity contribution in [2.24, 2.45) is 0 Å². The van der Waals surface area contributed by atoms with Crippen LogP contribution in [-0.4, -0.2) is 18.1 Å². The quantitative estimate of drug-likeness (QED) is 0.766. The van der Waals surface area contributed by atoms with Gasteiger partial charge in [-0.2, -0.15) is 0 Å². The van der Waals surface area contributed by atoms with Crippen molar-refractivity contribution in [2.75, 3.05) is 13.1 Å². The van der Waals surface area contributed by atoms with Crippen molar-refractivity contribution in [3.05, 3.63) is 29.6 Å². The summed E-state index contributed by atoms with van der Waals surface area (Å²) in [6.45, 7) is 2.50. The molecule has 86 valence electrons. The maximum Gasteiger partial charge on any atom is 0.181 e. The van der Waals surface area contributed by atoms with Crippen LogP contribution in [0.4, 0.5) is 0 Å². The second-order valence-electron chi connectivity index (χ2n) is 3.78. The lowest BCUT2D eigenvalue weighted by atomic mass is 10.2. The van der Waals surface area contributed by atoms with Gasteiger partial charge in [0.15, 0.2) is 12.0 Å². The summed E-state index contributed by atoms with van der Waals surface area (Å²) in [5.41, 5.74) is 1.57. The molecule has 3 rings (SSSR count). The van der Waals surface area contributed by atoms with Gasteiger partial charge in [-0.15, -0.1) is 0 Å². The number of rotatable bonds is 0. The van der Waals surface area contributed by atoms with Gasteiger partial charge in [-0.1, -0.05) is 18.0 Å². The number of halogens is 1. The lowest BCUT2D eigenvalue weighted by molar-refractivity contribution is 0.520. The molecule has 0 radical (unpaired) electrons. The zero-order valence-corrected chi connectivity index (χ0v) is 9.83. The van der Waals surface area contributed by atoms with E-state index in [9.17, 15) is 0 Å². The standard InChI is InChI=1S/C7H4ClNO.C5H11N/c8-5-1-2-6-7(3-5)10-4-9-6;1-2-4-6-5-3-1/h1-4H;6H,1-5H2. The van der Waals surface area contributed by atoms with E-state index in [1.54, 1.807) is 12.1 Å². The van der Waals surface area contributed by atoms with Gasteiger partial charge in [-0.25, -0.2) is 4.98 Å². The lowest BCUT2D eigenvalue weighted by Crippen LogP contribution is -2.21. The molecule has 1 N–H and O–H groups in total. The Kier molecular flexibility index (Phi) is 4.19. The van der Waals surface area contributed by atoms with Crippen LogP contribution < -0.4 is 5.32 Å². The van der Waals surface area contributed by atoms with Gasteiger partial charge in [0.25, 0.3) is 0 Å². The van der Waals surface area contributed by atoms with Crippen molar-refractivity contribution in [3.8, 4) is 0 Å². The maximum absolute atomic E-state index is 5.69. The van der Waals surface area contributed by atoms with E-state index in [0.717, 1.165) is 11.1 Å². The summed E-state index contributed by atoms with van der Waals surface area (Å²) in [4.78, 5) is 3.93. The molecular formula is C12H15ClN2O. The van der Waals surface area contributed by atoms with Gasteiger partial charge in [0.05, 0.1) is 0 Å². The first kappa shape index (κ1) is 11.4. The Hall–Kier alpha value is -1.06. The average Bonchev–Trinajstić information content (AvgIpc) is 2.79. The molecule has 0 spiro atoms. The number of fused-ring (bicyclic) bond motifs is 1. The molecule has 16 heavy (non-hydrogen) atoms. The first-order chi connectivity index (χ1) is 7.86. The lowest BCUT2D eigenvalue weighted by Gasteiger charge is -2.08. The molecule has 2 aromatic rings. The molecule has 1 saturated heterocycles. The van der Waals surface area contributed by atoms with E-state index in [0.29, 0.717) is 5.02 Å². The van der Waals surface area contributed by atoms with Gasteiger partial charge >= 0.3 is 0 Å². The molecule has 0 aliphatic carbocycles. The molecule has 2 heterocycles. The van der Waals surface area contributed by atoms with Crippen molar-refractivity contribution < 1.29 is 4.42 Å². The highest BCUT2D eigenvalue weighted by atomic mass is 35.5. The third kappa shape index (κ3) is 3.22. The van der Waals surface area contributed by atoms with Gasteiger partial charge in [0.2, 0.25) is 0 Å². The first-order valence-corrected chi connectivity index (χ1v) is 5.93. The SMILES string of the molecule is C1CCNCC1.Clc1ccc2ncoc2c1. The normalized spacial score (nSPS) is 15.6. The Labute approximate surface area is 99.8 Å². The summed E-state index contributed by atoms with van der Waals surface area (Å²) in [6, 6.07) is 5.34. The van der Waals surface area contributed by atoms with E-state index >= 15 is 0 Å². The number of hydrogen-bond donors (Lipinski definition) is 1. The van der Waals surface area contributed by atoms with Gasteiger partial charge in [-0.3, -0.25) is 0 Å². The van der Waals surface area contributed by atoms with E-state index in [4.69, 9.17) is 16.0 Å². The Morgan fingerprint density at radius 2 is 2.00 bits per heavy atom. The number of hydrogen-bond acceptors (Lipinski definition) is 3. The van der Waals surface area contributed by atoms with Crippen LogP contribution in [0.2, 0.25) is 5.02 Å². The molecule has 4 heteroatoms. The van der Waals surface area contributed by atoms with Crippen molar-refractivity contribution in [3.63, 3.8) is 0 Å². The summed E-state index contributed by atoms with van der Waals surface area (Å²) in [6.07, 6.45) is 5.62. The number of nitrogens with zero attached hydrogens (tertiary/aromatic N) is 1. The van der Waals surface area contributed by atoms with Crippen LogP contribution in [0.25, 0.3) is 11.1 Å². The van der Waals surface area contributed by atoms with E-state index in [-0.39, 0.29) is 0 Å². The third-order valence-corrected chi connectivity index (χ3v) is 2.74. The largest absolute Gasteiger partial charge is 0.443 e. The molecule has 3 nitrogen and oxygen atoms in total. The Morgan fingerprint density at radius 3 is 2.62 bits per heavy atom. The van der Waals surface area contributed by atoms with Crippen LogP contribution in [0.5, 0.6) is 0 Å². The van der Waals surface area contributed by atoms with Crippen molar-refractivity contribution in [1.29, 1.82) is 0 Å². The van der Waals surface area contributed by atoms with Gasteiger partial charge in [0.1, 0.15) is 5.52 Å². The molecular weight excluding hydrogens is 224 g/mol. The van der Waals surface area contributed by atoms with Crippen LogP contribution in [0.15, 0.2) is 29.0 Å². The zero-order valence-electron chi connectivity index (χ0n) is 9.08. The predicted octanol–water partition coefficient (Wildman–Crippen LogP) is 3.24. The monoisotopic (exact) mass is 238 g/mol. The number of piperidine rings is 1. The fourth-order valence-electron chi connectivity index (χ4n) is 1.63. The number of aromatic nitrogens is 1. The Balaban J connectivity index is 0.000000138. The Morgan fingerprint density at radius 1 is 1.19 bits per heavy atom. The average molecular weight is 239 g/mol. The van der Waals surface area contributed by atoms with Crippen molar-refractivity contribution in [1.82, 2.24) is 10.3 Å². The summed E-state index contributed by atoms with van der Waals surface area (Å²) in [5, 5.41) is 3.96. The van der Waals surface area contributed by atoms with Crippen LogP contribution in [-0.2, 0) is 0 Å². The third-order valence-electron chi connectivity index (χ3n) is 2.50. The molecule has 1 aliphatic rings. The smallest absolute Gasteiger partial charge is 0.181 e. The second kappa shape index (κ2) is 5.87. The second-order valence-corrected chi connectivity index (χ2v) is 4.21. The number of benzene rings is 1. The zero-order chi connectivity index (χ0) is 11.2. The fraction of sp³-hybridized carbons (Fsp3) is 0.417. The highest BCUT2D eigenvalue weighted by molar-refractivity contribution is 6.31. The fourth-order valence-corrected chi connectivity index (χ4v) is 1.79. The van der Waals surface area contributed by atoms with Crippen LogP contribution in [0.3, 0.4) is 0 Å². The maximum atomic E-state index is 5.69. The molecule has 1 fully saturated rings. The minimum atomic E-state index is 0.671. The van der Waals surface area contributed by atoms with E-state index in [1.807, 2.05) is 6.07 Å². The molecule has 0 bridgehead atoms. The number of nitrogens with one attached hydrogen (secondary N) is 1. The molecule has 1 aromatic carbocycles. The molecule has 1 aromatic heterocycles. The van der Waals surface area contributed by atoms with E-state index < -0.39 is 0 Å². The van der Waals surface area contributed by atoms with Crippen LogP contribution in [0, 0.1) is 0 Å². The molecule has 0 atom stereocenters. The first-order valence-electron chi connectivity index (χ1n) is 5.56. The summed E-state index contributed by atoms with van der Waals surface area (Å²) < 4.78 is 5.00. The molecule has 0 unspecified atom stereocenters. The minimum Gasteiger partial charge on any atom is -0.443 e. The highest BCUT2D eigenvalue weighted by Crippen LogP contribution is 2.17. The summed E-state index contributed by atoms with van der Waals surface area (Å²) >= 11 is 5.69. The van der Waals surface area contributed by atoms with Crippen LogP contribution >= 0.6 is 11.6 Å². The number of oxazole rings is 1. The minimum absolute atomic E-state index is 0.671. The van der Waals surface area contributed by atoms with E-state index in [2.05, 4.69) is 10.3 Å². The topological polar surface area (TPSA) is 38.1 Å². The van der Waals surface area contributed by atoms with Crippen molar-refractivity contribution >= 4 is 22.7 Å². The van der Waals surface area contributed by atoms with E-state index in [1.165, 1.54) is 38.7 Å².